The topological polar surface area (TPSA) is 87.7 Å². The van der Waals surface area contributed by atoms with Crippen molar-refractivity contribution in [3.05, 3.63) is 53.9 Å². The Hall–Kier alpha value is -2.71. The molecule has 1 fully saturated rings. The van der Waals surface area contributed by atoms with E-state index in [1.165, 1.54) is 0 Å². The number of β-amino-alcohol motifs (C(OH)–C–C–N with tert-alkyl or cyclic N) is 1. The van der Waals surface area contributed by atoms with Crippen molar-refractivity contribution in [3.63, 3.8) is 0 Å². The van der Waals surface area contributed by atoms with Gasteiger partial charge >= 0.3 is 0 Å². The number of imidazole rings is 1. The van der Waals surface area contributed by atoms with Crippen molar-refractivity contribution in [2.24, 2.45) is 7.05 Å². The van der Waals surface area contributed by atoms with Gasteiger partial charge < -0.3 is 14.8 Å². The highest BCUT2D eigenvalue weighted by Crippen LogP contribution is 2.16. The standard InChI is InChI=1S/C18H22N6O2/c1-22-9-14(10-23-5-4-16(25)11-23)17(21-22)18(26)20-6-13-2-3-15-7-19-12-24(15)8-13/h2-3,7-9,12,16,25H,4-6,10-11H2,1H3,(H,20,26). The number of hydrogen-bond donors (Lipinski definition) is 2. The minimum atomic E-state index is -0.276. The van der Waals surface area contributed by atoms with Crippen molar-refractivity contribution in [3.8, 4) is 0 Å². The van der Waals surface area contributed by atoms with E-state index in [0.29, 0.717) is 25.3 Å². The van der Waals surface area contributed by atoms with E-state index >= 15 is 0 Å². The monoisotopic (exact) mass is 354 g/mol. The Bertz CT molecular complexity index is 931. The summed E-state index contributed by atoms with van der Waals surface area (Å²) in [7, 11) is 1.81. The number of aryl methyl sites for hydroxylation is 1. The molecule has 3 aromatic heterocycles. The molecule has 0 saturated carbocycles. The third kappa shape index (κ3) is 3.47. The van der Waals surface area contributed by atoms with Crippen molar-refractivity contribution in [2.45, 2.75) is 25.6 Å². The first kappa shape index (κ1) is 16.7. The number of nitrogens with one attached hydrogen (secondary N) is 1. The van der Waals surface area contributed by atoms with Gasteiger partial charge in [0.1, 0.15) is 0 Å². The fourth-order valence-corrected chi connectivity index (χ4v) is 3.38. The zero-order valence-corrected chi connectivity index (χ0v) is 14.7. The highest BCUT2D eigenvalue weighted by atomic mass is 16.3. The molecule has 0 radical (unpaired) electrons. The van der Waals surface area contributed by atoms with Gasteiger partial charge in [-0.25, -0.2) is 4.98 Å². The van der Waals surface area contributed by atoms with Gasteiger partial charge in [-0.1, -0.05) is 6.07 Å². The van der Waals surface area contributed by atoms with Crippen molar-refractivity contribution >= 4 is 11.4 Å². The maximum absolute atomic E-state index is 12.6. The minimum absolute atomic E-state index is 0.189. The van der Waals surface area contributed by atoms with E-state index in [0.717, 1.165) is 29.6 Å². The second-order valence-corrected chi connectivity index (χ2v) is 6.80. The van der Waals surface area contributed by atoms with Crippen molar-refractivity contribution in [1.29, 1.82) is 0 Å². The molecule has 0 spiro atoms. The van der Waals surface area contributed by atoms with Gasteiger partial charge in [0, 0.05) is 51.2 Å². The van der Waals surface area contributed by atoms with Gasteiger partial charge in [-0.2, -0.15) is 5.10 Å². The molecule has 8 nitrogen and oxygen atoms in total. The van der Waals surface area contributed by atoms with Crippen LogP contribution in [0.3, 0.4) is 0 Å². The highest BCUT2D eigenvalue weighted by Gasteiger charge is 2.23. The van der Waals surface area contributed by atoms with E-state index in [9.17, 15) is 9.90 Å². The summed E-state index contributed by atoms with van der Waals surface area (Å²) in [5, 5.41) is 17.0. The van der Waals surface area contributed by atoms with Crippen LogP contribution in [0, 0.1) is 0 Å². The molecule has 1 saturated heterocycles. The van der Waals surface area contributed by atoms with E-state index < -0.39 is 0 Å². The lowest BCUT2D eigenvalue weighted by molar-refractivity contribution is 0.0943. The summed E-state index contributed by atoms with van der Waals surface area (Å²) >= 11 is 0. The van der Waals surface area contributed by atoms with Gasteiger partial charge in [0.2, 0.25) is 0 Å². The van der Waals surface area contributed by atoms with Crippen LogP contribution < -0.4 is 5.32 Å². The maximum Gasteiger partial charge on any atom is 0.272 e. The summed E-state index contributed by atoms with van der Waals surface area (Å²) in [4.78, 5) is 18.9. The predicted octanol–water partition coefficient (Wildman–Crippen LogP) is 0.564. The molecule has 8 heteroatoms. The number of carbonyl (C=O) groups excluding carboxylic acids is 1. The van der Waals surface area contributed by atoms with Crippen LogP contribution in [-0.2, 0) is 20.1 Å². The van der Waals surface area contributed by atoms with Gasteiger partial charge in [0.15, 0.2) is 5.69 Å². The van der Waals surface area contributed by atoms with Crippen LogP contribution in [0.25, 0.3) is 5.52 Å². The van der Waals surface area contributed by atoms with Crippen molar-refractivity contribution in [2.75, 3.05) is 13.1 Å². The number of fused-ring (bicyclic) bond motifs is 1. The fourth-order valence-electron chi connectivity index (χ4n) is 3.38. The second-order valence-electron chi connectivity index (χ2n) is 6.80. The summed E-state index contributed by atoms with van der Waals surface area (Å²) < 4.78 is 3.58. The summed E-state index contributed by atoms with van der Waals surface area (Å²) in [6, 6.07) is 3.95. The smallest absolute Gasteiger partial charge is 0.272 e. The molecule has 1 aliphatic heterocycles. The lowest BCUT2D eigenvalue weighted by atomic mass is 10.2. The van der Waals surface area contributed by atoms with Crippen LogP contribution in [0.4, 0.5) is 0 Å². The Labute approximate surface area is 151 Å². The van der Waals surface area contributed by atoms with Crippen molar-refractivity contribution < 1.29 is 9.90 Å². The molecule has 1 atom stereocenters. The molecule has 0 aliphatic carbocycles. The van der Waals surface area contributed by atoms with Crippen molar-refractivity contribution in [1.82, 2.24) is 29.4 Å². The number of aromatic nitrogens is 4. The zero-order valence-electron chi connectivity index (χ0n) is 14.7. The van der Waals surface area contributed by atoms with E-state index in [2.05, 4.69) is 20.3 Å². The number of pyridine rings is 1. The zero-order chi connectivity index (χ0) is 18.1. The number of aliphatic hydroxyl groups is 1. The largest absolute Gasteiger partial charge is 0.392 e. The maximum atomic E-state index is 12.6. The molecule has 2 N–H and O–H groups in total. The van der Waals surface area contributed by atoms with Crippen LogP contribution in [0.1, 0.15) is 28.0 Å². The average molecular weight is 354 g/mol. The average Bonchev–Trinajstić information content (AvgIpc) is 3.33. The third-order valence-corrected chi connectivity index (χ3v) is 4.68. The summed E-state index contributed by atoms with van der Waals surface area (Å²) in [5.74, 6) is -0.189. The normalized spacial score (nSPS) is 17.8. The summed E-state index contributed by atoms with van der Waals surface area (Å²) in [6.45, 7) is 2.52. The number of aliphatic hydroxyl groups excluding tert-OH is 1. The van der Waals surface area contributed by atoms with Crippen LogP contribution in [-0.4, -0.2) is 54.3 Å². The molecule has 26 heavy (non-hydrogen) atoms. The Morgan fingerprint density at radius 1 is 1.38 bits per heavy atom. The van der Waals surface area contributed by atoms with Crippen LogP contribution in [0.15, 0.2) is 37.1 Å². The molecule has 1 aliphatic rings. The molecular formula is C18H22N6O2. The molecule has 1 unspecified atom stereocenters. The van der Waals surface area contributed by atoms with Gasteiger partial charge in [-0.3, -0.25) is 14.4 Å². The number of hydrogen-bond acceptors (Lipinski definition) is 5. The van der Waals surface area contributed by atoms with E-state index in [-0.39, 0.29) is 12.0 Å². The van der Waals surface area contributed by atoms with E-state index in [4.69, 9.17) is 0 Å². The van der Waals surface area contributed by atoms with Crippen LogP contribution >= 0.6 is 0 Å². The Morgan fingerprint density at radius 3 is 3.08 bits per heavy atom. The second kappa shape index (κ2) is 6.89. The van der Waals surface area contributed by atoms with E-state index in [1.54, 1.807) is 17.2 Å². The number of nitrogens with zero attached hydrogens (tertiary/aromatic N) is 5. The first-order chi connectivity index (χ1) is 12.6. The fraction of sp³-hybridized carbons (Fsp3) is 0.389. The molecule has 0 aromatic carbocycles. The molecule has 4 heterocycles. The van der Waals surface area contributed by atoms with Crippen LogP contribution in [0.2, 0.25) is 0 Å². The summed E-state index contributed by atoms with van der Waals surface area (Å²) in [5.41, 5.74) is 3.32. The van der Waals surface area contributed by atoms with E-state index in [1.807, 2.05) is 36.0 Å². The van der Waals surface area contributed by atoms with Gasteiger partial charge in [0.05, 0.1) is 24.1 Å². The molecule has 0 bridgehead atoms. The first-order valence-corrected chi connectivity index (χ1v) is 8.70. The Balaban J connectivity index is 1.44. The quantitative estimate of drug-likeness (QED) is 0.699. The third-order valence-electron chi connectivity index (χ3n) is 4.68. The Morgan fingerprint density at radius 2 is 2.27 bits per heavy atom. The summed E-state index contributed by atoms with van der Waals surface area (Å²) in [6.07, 6.45) is 7.85. The lowest BCUT2D eigenvalue weighted by Crippen LogP contribution is -2.27. The SMILES string of the molecule is Cn1cc(CN2CCC(O)C2)c(C(=O)NCc2ccc3cncn3c2)n1. The van der Waals surface area contributed by atoms with Gasteiger partial charge in [-0.15, -0.1) is 0 Å². The molecule has 1 amide bonds. The number of likely N-dealkylation sites (tertiary alicyclic amines) is 1. The highest BCUT2D eigenvalue weighted by molar-refractivity contribution is 5.93. The minimum Gasteiger partial charge on any atom is -0.392 e. The molecule has 3 aromatic rings. The van der Waals surface area contributed by atoms with Gasteiger partial charge in [0.25, 0.3) is 5.91 Å². The lowest BCUT2D eigenvalue weighted by Gasteiger charge is -2.14. The van der Waals surface area contributed by atoms with Gasteiger partial charge in [-0.05, 0) is 18.1 Å². The number of carbonyl (C=O) groups is 1. The predicted molar refractivity (Wildman–Crippen MR) is 95.5 cm³/mol. The number of rotatable bonds is 5. The molecular weight excluding hydrogens is 332 g/mol. The first-order valence-electron chi connectivity index (χ1n) is 8.70. The van der Waals surface area contributed by atoms with Crippen LogP contribution in [0.5, 0.6) is 0 Å². The number of amides is 1. The Kier molecular flexibility index (Phi) is 4.44. The molecule has 136 valence electrons. The molecule has 4 rings (SSSR count).